The molecule has 0 bridgehead atoms. The molecule has 2 rings (SSSR count). The molecule has 0 atom stereocenters. The fraction of sp³-hybridized carbons (Fsp3) is 0.133. The van der Waals surface area contributed by atoms with Gasteiger partial charge in [-0.15, -0.1) is 0 Å². The van der Waals surface area contributed by atoms with Crippen LogP contribution in [0.2, 0.25) is 10.0 Å². The van der Waals surface area contributed by atoms with Crippen LogP contribution in [-0.4, -0.2) is 17.9 Å². The van der Waals surface area contributed by atoms with Crippen molar-refractivity contribution in [2.75, 3.05) is 12.8 Å². The van der Waals surface area contributed by atoms with Crippen molar-refractivity contribution in [1.29, 1.82) is 0 Å². The van der Waals surface area contributed by atoms with Crippen molar-refractivity contribution in [3.63, 3.8) is 0 Å². The van der Waals surface area contributed by atoms with Crippen LogP contribution >= 0.6 is 39.1 Å². The van der Waals surface area contributed by atoms with Gasteiger partial charge in [0.15, 0.2) is 0 Å². The standard InChI is InChI=1S/C15H13BrCl2N2O/c1-20(8-9-3-2-4-13(17)14(9)18)15(21)10-5-11(16)7-12(19)6-10/h2-7H,8,19H2,1H3. The Balaban J connectivity index is 2.21. The van der Waals surface area contributed by atoms with Gasteiger partial charge >= 0.3 is 0 Å². The molecule has 0 aliphatic carbocycles. The smallest absolute Gasteiger partial charge is 0.254 e. The molecule has 110 valence electrons. The first-order valence-electron chi connectivity index (χ1n) is 6.13. The topological polar surface area (TPSA) is 46.3 Å². The minimum absolute atomic E-state index is 0.140. The first-order valence-corrected chi connectivity index (χ1v) is 7.68. The molecule has 0 spiro atoms. The summed E-state index contributed by atoms with van der Waals surface area (Å²) in [6.07, 6.45) is 0. The van der Waals surface area contributed by atoms with Crippen LogP contribution in [-0.2, 0) is 6.54 Å². The van der Waals surface area contributed by atoms with Crippen molar-refractivity contribution in [2.45, 2.75) is 6.54 Å². The molecule has 0 aliphatic rings. The fourth-order valence-corrected chi connectivity index (χ4v) is 2.84. The minimum Gasteiger partial charge on any atom is -0.399 e. The van der Waals surface area contributed by atoms with Gasteiger partial charge in [0.1, 0.15) is 0 Å². The maximum absolute atomic E-state index is 12.4. The molecule has 0 fully saturated rings. The van der Waals surface area contributed by atoms with Crippen LogP contribution in [0.3, 0.4) is 0 Å². The summed E-state index contributed by atoms with van der Waals surface area (Å²) in [4.78, 5) is 14.0. The van der Waals surface area contributed by atoms with Gasteiger partial charge in [-0.2, -0.15) is 0 Å². The molecule has 0 saturated heterocycles. The van der Waals surface area contributed by atoms with Gasteiger partial charge in [-0.25, -0.2) is 0 Å². The van der Waals surface area contributed by atoms with Crippen molar-refractivity contribution in [3.05, 3.63) is 62.0 Å². The monoisotopic (exact) mass is 386 g/mol. The lowest BCUT2D eigenvalue weighted by atomic mass is 10.1. The van der Waals surface area contributed by atoms with Crippen molar-refractivity contribution in [1.82, 2.24) is 4.90 Å². The summed E-state index contributed by atoms with van der Waals surface area (Å²) in [5, 5.41) is 0.939. The predicted octanol–water partition coefficient (Wildman–Crippen LogP) is 4.61. The van der Waals surface area contributed by atoms with Crippen LogP contribution in [0, 0.1) is 0 Å². The molecule has 2 aromatic rings. The third-order valence-electron chi connectivity index (χ3n) is 2.95. The number of hydrogen-bond acceptors (Lipinski definition) is 2. The number of nitrogens with two attached hydrogens (primary N) is 1. The lowest BCUT2D eigenvalue weighted by Gasteiger charge is -2.19. The summed E-state index contributed by atoms with van der Waals surface area (Å²) in [5.41, 5.74) is 7.59. The van der Waals surface area contributed by atoms with Crippen molar-refractivity contribution < 1.29 is 4.79 Å². The second-order valence-corrected chi connectivity index (χ2v) is 6.35. The number of rotatable bonds is 3. The Morgan fingerprint density at radius 2 is 2.00 bits per heavy atom. The van der Waals surface area contributed by atoms with E-state index in [1.807, 2.05) is 6.07 Å². The van der Waals surface area contributed by atoms with E-state index in [0.717, 1.165) is 10.0 Å². The second kappa shape index (κ2) is 6.69. The SMILES string of the molecule is CN(Cc1cccc(Cl)c1Cl)C(=O)c1cc(N)cc(Br)c1. The van der Waals surface area contributed by atoms with Crippen LogP contribution in [0.1, 0.15) is 15.9 Å². The van der Waals surface area contributed by atoms with E-state index in [1.165, 1.54) is 0 Å². The molecule has 0 aliphatic heterocycles. The van der Waals surface area contributed by atoms with Crippen molar-refractivity contribution in [2.24, 2.45) is 0 Å². The molecule has 0 aromatic heterocycles. The van der Waals surface area contributed by atoms with E-state index in [4.69, 9.17) is 28.9 Å². The number of anilines is 1. The molecule has 2 N–H and O–H groups in total. The number of halogens is 3. The van der Waals surface area contributed by atoms with Gasteiger partial charge < -0.3 is 10.6 Å². The average Bonchev–Trinajstić information content (AvgIpc) is 2.42. The Bertz CT molecular complexity index is 671. The highest BCUT2D eigenvalue weighted by atomic mass is 79.9. The van der Waals surface area contributed by atoms with Gasteiger partial charge in [0.2, 0.25) is 0 Å². The van der Waals surface area contributed by atoms with Gasteiger partial charge in [0, 0.05) is 29.3 Å². The number of hydrogen-bond donors (Lipinski definition) is 1. The lowest BCUT2D eigenvalue weighted by Crippen LogP contribution is -2.26. The first-order chi connectivity index (χ1) is 9.88. The molecule has 2 aromatic carbocycles. The third kappa shape index (κ3) is 3.90. The number of nitrogen functional groups attached to an aromatic ring is 1. The molecular weight excluding hydrogens is 375 g/mol. The Hall–Kier alpha value is -1.23. The van der Waals surface area contributed by atoms with Gasteiger partial charge in [0.05, 0.1) is 10.0 Å². The van der Waals surface area contributed by atoms with Gasteiger partial charge in [-0.05, 0) is 29.8 Å². The summed E-state index contributed by atoms with van der Waals surface area (Å²) in [6.45, 7) is 0.366. The maximum Gasteiger partial charge on any atom is 0.254 e. The van der Waals surface area contributed by atoms with Crippen molar-refractivity contribution >= 4 is 50.7 Å². The van der Waals surface area contributed by atoms with E-state index in [-0.39, 0.29) is 5.91 Å². The average molecular weight is 388 g/mol. The van der Waals surface area contributed by atoms with E-state index in [1.54, 1.807) is 42.3 Å². The number of amides is 1. The van der Waals surface area contributed by atoms with Crippen LogP contribution in [0.15, 0.2) is 40.9 Å². The van der Waals surface area contributed by atoms with E-state index >= 15 is 0 Å². The van der Waals surface area contributed by atoms with E-state index in [9.17, 15) is 4.79 Å². The summed E-state index contributed by atoms with van der Waals surface area (Å²) in [7, 11) is 1.71. The van der Waals surface area contributed by atoms with Crippen LogP contribution in [0.5, 0.6) is 0 Å². The fourth-order valence-electron chi connectivity index (χ4n) is 1.95. The highest BCUT2D eigenvalue weighted by molar-refractivity contribution is 9.10. The zero-order valence-corrected chi connectivity index (χ0v) is 14.3. The number of benzene rings is 2. The molecule has 1 amide bonds. The predicted molar refractivity (Wildman–Crippen MR) is 90.8 cm³/mol. The molecule has 0 radical (unpaired) electrons. The number of nitrogens with zero attached hydrogens (tertiary/aromatic N) is 1. The van der Waals surface area contributed by atoms with E-state index < -0.39 is 0 Å². The summed E-state index contributed by atoms with van der Waals surface area (Å²) in [6, 6.07) is 10.5. The highest BCUT2D eigenvalue weighted by Gasteiger charge is 2.15. The molecule has 0 heterocycles. The van der Waals surface area contributed by atoms with Crippen LogP contribution in [0.4, 0.5) is 5.69 Å². The maximum atomic E-state index is 12.4. The summed E-state index contributed by atoms with van der Waals surface area (Å²) in [5.74, 6) is -0.140. The molecule has 3 nitrogen and oxygen atoms in total. The zero-order chi connectivity index (χ0) is 15.6. The van der Waals surface area contributed by atoms with Gasteiger partial charge in [-0.3, -0.25) is 4.79 Å². The zero-order valence-electron chi connectivity index (χ0n) is 11.2. The highest BCUT2D eigenvalue weighted by Crippen LogP contribution is 2.27. The minimum atomic E-state index is -0.140. The van der Waals surface area contributed by atoms with E-state index in [0.29, 0.717) is 27.8 Å². The summed E-state index contributed by atoms with van der Waals surface area (Å²) >= 11 is 15.4. The normalized spacial score (nSPS) is 10.5. The molecule has 0 saturated carbocycles. The third-order valence-corrected chi connectivity index (χ3v) is 4.27. The Kier molecular flexibility index (Phi) is 5.14. The quantitative estimate of drug-likeness (QED) is 0.781. The molecule has 0 unspecified atom stereocenters. The first kappa shape index (κ1) is 16.1. The van der Waals surface area contributed by atoms with Gasteiger partial charge in [-0.1, -0.05) is 51.3 Å². The number of carbonyl (C=O) groups is 1. The second-order valence-electron chi connectivity index (χ2n) is 4.65. The molecule has 21 heavy (non-hydrogen) atoms. The number of carbonyl (C=O) groups excluding carboxylic acids is 1. The lowest BCUT2D eigenvalue weighted by molar-refractivity contribution is 0.0785. The van der Waals surface area contributed by atoms with Crippen LogP contribution < -0.4 is 5.73 Å². The largest absolute Gasteiger partial charge is 0.399 e. The Morgan fingerprint density at radius 3 is 2.67 bits per heavy atom. The van der Waals surface area contributed by atoms with E-state index in [2.05, 4.69) is 15.9 Å². The Morgan fingerprint density at radius 1 is 1.29 bits per heavy atom. The van der Waals surface area contributed by atoms with Gasteiger partial charge in [0.25, 0.3) is 5.91 Å². The Labute approximate surface area is 141 Å². The van der Waals surface area contributed by atoms with Crippen molar-refractivity contribution in [3.8, 4) is 0 Å². The van der Waals surface area contributed by atoms with Crippen LogP contribution in [0.25, 0.3) is 0 Å². The molecular formula is C15H13BrCl2N2O. The molecule has 6 heteroatoms. The summed E-state index contributed by atoms with van der Waals surface area (Å²) < 4.78 is 0.764.